The summed E-state index contributed by atoms with van der Waals surface area (Å²) >= 11 is 1.55. The van der Waals surface area contributed by atoms with Gasteiger partial charge in [-0.3, -0.25) is 4.79 Å². The summed E-state index contributed by atoms with van der Waals surface area (Å²) in [6, 6.07) is 11.8. The van der Waals surface area contributed by atoms with Gasteiger partial charge in [0, 0.05) is 18.5 Å². The molecule has 0 radical (unpaired) electrons. The lowest BCUT2D eigenvalue weighted by molar-refractivity contribution is -0.117. The van der Waals surface area contributed by atoms with Crippen molar-refractivity contribution in [1.82, 2.24) is 9.71 Å². The van der Waals surface area contributed by atoms with Crippen LogP contribution in [0.2, 0.25) is 0 Å². The number of carbonyl (C=O) groups is 1. The fourth-order valence-corrected chi connectivity index (χ4v) is 4.63. The molecule has 1 unspecified atom stereocenters. The molecule has 8 nitrogen and oxygen atoms in total. The van der Waals surface area contributed by atoms with Crippen LogP contribution in [0, 0.1) is 0 Å². The van der Waals surface area contributed by atoms with Gasteiger partial charge in [0.2, 0.25) is 15.9 Å². The van der Waals surface area contributed by atoms with E-state index in [9.17, 15) is 13.2 Å². The molecule has 0 spiro atoms. The lowest BCUT2D eigenvalue weighted by Crippen LogP contribution is -2.43. The SMILES string of the molecule is CSCCC(NS(=O)(=O)/C=C/c1ccccc1)C(=O)Nc1ccc(N2CCOCC2)nc1. The molecule has 1 amide bonds. The molecule has 1 aliphatic rings. The van der Waals surface area contributed by atoms with E-state index in [0.29, 0.717) is 31.1 Å². The molecule has 2 heterocycles. The molecule has 10 heteroatoms. The number of anilines is 2. The van der Waals surface area contributed by atoms with Crippen LogP contribution in [-0.4, -0.2) is 63.7 Å². The van der Waals surface area contributed by atoms with E-state index in [0.717, 1.165) is 29.9 Å². The Kier molecular flexibility index (Phi) is 9.10. The van der Waals surface area contributed by atoms with Crippen molar-refractivity contribution in [1.29, 1.82) is 0 Å². The van der Waals surface area contributed by atoms with Crippen molar-refractivity contribution in [3.8, 4) is 0 Å². The second-order valence-electron chi connectivity index (χ2n) is 7.20. The van der Waals surface area contributed by atoms with Crippen LogP contribution in [0.15, 0.2) is 54.1 Å². The number of pyridine rings is 1. The monoisotopic (exact) mass is 476 g/mol. The smallest absolute Gasteiger partial charge is 0.242 e. The zero-order valence-corrected chi connectivity index (χ0v) is 19.6. The number of nitrogens with one attached hydrogen (secondary N) is 2. The summed E-state index contributed by atoms with van der Waals surface area (Å²) in [7, 11) is -3.80. The molecule has 1 saturated heterocycles. The molecule has 1 aliphatic heterocycles. The molecule has 2 N–H and O–H groups in total. The van der Waals surface area contributed by atoms with Gasteiger partial charge in [-0.15, -0.1) is 0 Å². The number of rotatable bonds is 10. The Morgan fingerprint density at radius 1 is 1.22 bits per heavy atom. The van der Waals surface area contributed by atoms with Crippen molar-refractivity contribution in [2.75, 3.05) is 48.5 Å². The Balaban J connectivity index is 1.64. The summed E-state index contributed by atoms with van der Waals surface area (Å²) in [6.07, 6.45) is 5.36. The molecule has 3 rings (SSSR count). The van der Waals surface area contributed by atoms with Gasteiger partial charge in [-0.1, -0.05) is 30.3 Å². The molecule has 32 heavy (non-hydrogen) atoms. The van der Waals surface area contributed by atoms with Crippen LogP contribution in [0.25, 0.3) is 6.08 Å². The minimum atomic E-state index is -3.80. The third-order valence-electron chi connectivity index (χ3n) is 4.82. The molecule has 1 aromatic heterocycles. The maximum absolute atomic E-state index is 12.8. The van der Waals surface area contributed by atoms with Crippen LogP contribution < -0.4 is 14.9 Å². The van der Waals surface area contributed by atoms with Gasteiger partial charge >= 0.3 is 0 Å². The molecule has 1 aromatic carbocycles. The van der Waals surface area contributed by atoms with E-state index in [1.54, 1.807) is 36.2 Å². The first kappa shape index (κ1) is 24.2. The van der Waals surface area contributed by atoms with Gasteiger partial charge in [-0.25, -0.2) is 13.4 Å². The molecular formula is C22H28N4O4S2. The van der Waals surface area contributed by atoms with E-state index in [1.807, 2.05) is 30.5 Å². The highest BCUT2D eigenvalue weighted by Gasteiger charge is 2.23. The standard InChI is InChI=1S/C22H28N4O4S2/c1-31-15-9-20(25-32(28,29)16-10-18-5-3-2-4-6-18)22(27)24-19-7-8-21(23-17-19)26-11-13-30-14-12-26/h2-8,10,16-17,20,25H,9,11-15H2,1H3,(H,24,27)/b16-10+. The first-order chi connectivity index (χ1) is 15.5. The zero-order chi connectivity index (χ0) is 22.8. The van der Waals surface area contributed by atoms with E-state index < -0.39 is 22.0 Å². The van der Waals surface area contributed by atoms with Crippen molar-refractivity contribution >= 4 is 45.3 Å². The van der Waals surface area contributed by atoms with Gasteiger partial charge in [-0.2, -0.15) is 16.5 Å². The van der Waals surface area contributed by atoms with Gasteiger partial charge in [-0.05, 0) is 42.2 Å². The lowest BCUT2D eigenvalue weighted by Gasteiger charge is -2.27. The van der Waals surface area contributed by atoms with Gasteiger partial charge in [0.05, 0.1) is 25.1 Å². The fourth-order valence-electron chi connectivity index (χ4n) is 3.12. The van der Waals surface area contributed by atoms with Crippen LogP contribution >= 0.6 is 11.8 Å². The summed E-state index contributed by atoms with van der Waals surface area (Å²) < 4.78 is 32.9. The number of nitrogens with zero attached hydrogens (tertiary/aromatic N) is 2. The van der Waals surface area contributed by atoms with Crippen molar-refractivity contribution in [2.45, 2.75) is 12.5 Å². The molecule has 0 saturated carbocycles. The number of aromatic nitrogens is 1. The molecule has 0 bridgehead atoms. The number of benzene rings is 1. The normalized spacial score (nSPS) is 15.6. The molecule has 1 fully saturated rings. The van der Waals surface area contributed by atoms with E-state index in [-0.39, 0.29) is 0 Å². The molecule has 2 aromatic rings. The Labute approximate surface area is 193 Å². The number of morpholine rings is 1. The predicted octanol–water partition coefficient (Wildman–Crippen LogP) is 2.57. The number of carbonyl (C=O) groups excluding carboxylic acids is 1. The van der Waals surface area contributed by atoms with Gasteiger partial charge in [0.15, 0.2) is 0 Å². The van der Waals surface area contributed by atoms with Crippen molar-refractivity contribution in [3.63, 3.8) is 0 Å². The van der Waals surface area contributed by atoms with Crippen LogP contribution in [-0.2, 0) is 19.6 Å². The lowest BCUT2D eigenvalue weighted by atomic mass is 10.2. The van der Waals surface area contributed by atoms with Crippen molar-refractivity contribution in [3.05, 3.63) is 59.6 Å². The van der Waals surface area contributed by atoms with E-state index >= 15 is 0 Å². The summed E-state index contributed by atoms with van der Waals surface area (Å²) in [5, 5.41) is 3.86. The first-order valence-electron chi connectivity index (χ1n) is 10.3. The van der Waals surface area contributed by atoms with Crippen LogP contribution in [0.3, 0.4) is 0 Å². The first-order valence-corrected chi connectivity index (χ1v) is 13.2. The number of thioether (sulfide) groups is 1. The third kappa shape index (κ3) is 7.63. The number of ether oxygens (including phenoxy) is 1. The highest BCUT2D eigenvalue weighted by Crippen LogP contribution is 2.16. The fraction of sp³-hybridized carbons (Fsp3) is 0.364. The molecule has 0 aliphatic carbocycles. The topological polar surface area (TPSA) is 101 Å². The predicted molar refractivity (Wildman–Crippen MR) is 130 cm³/mol. The van der Waals surface area contributed by atoms with E-state index in [2.05, 4.69) is 19.9 Å². The Morgan fingerprint density at radius 3 is 2.62 bits per heavy atom. The van der Waals surface area contributed by atoms with Crippen LogP contribution in [0.5, 0.6) is 0 Å². The third-order valence-corrected chi connectivity index (χ3v) is 6.57. The molecule has 172 valence electrons. The second kappa shape index (κ2) is 12.0. The average molecular weight is 477 g/mol. The summed E-state index contributed by atoms with van der Waals surface area (Å²) in [5.41, 5.74) is 1.27. The van der Waals surface area contributed by atoms with Gasteiger partial charge in [0.25, 0.3) is 0 Å². The van der Waals surface area contributed by atoms with Crippen molar-refractivity contribution < 1.29 is 17.9 Å². The Morgan fingerprint density at radius 2 is 1.97 bits per heavy atom. The highest BCUT2D eigenvalue weighted by molar-refractivity contribution is 7.98. The molecule has 1 atom stereocenters. The maximum Gasteiger partial charge on any atom is 0.242 e. The van der Waals surface area contributed by atoms with Crippen LogP contribution in [0.1, 0.15) is 12.0 Å². The summed E-state index contributed by atoms with van der Waals surface area (Å²) in [5.74, 6) is 1.03. The number of sulfonamides is 1. The average Bonchev–Trinajstić information content (AvgIpc) is 2.82. The van der Waals surface area contributed by atoms with Crippen molar-refractivity contribution in [2.24, 2.45) is 0 Å². The molecular weight excluding hydrogens is 448 g/mol. The van der Waals surface area contributed by atoms with E-state index in [1.165, 1.54) is 6.08 Å². The highest BCUT2D eigenvalue weighted by atomic mass is 32.2. The summed E-state index contributed by atoms with van der Waals surface area (Å²) in [6.45, 7) is 2.87. The number of amides is 1. The van der Waals surface area contributed by atoms with E-state index in [4.69, 9.17) is 4.74 Å². The largest absolute Gasteiger partial charge is 0.378 e. The van der Waals surface area contributed by atoms with Gasteiger partial charge in [0.1, 0.15) is 11.9 Å². The number of hydrogen-bond acceptors (Lipinski definition) is 7. The van der Waals surface area contributed by atoms with Gasteiger partial charge < -0.3 is 15.0 Å². The zero-order valence-electron chi connectivity index (χ0n) is 17.9. The quantitative estimate of drug-likeness (QED) is 0.544. The Bertz CT molecular complexity index is 992. The second-order valence-corrected chi connectivity index (χ2v) is 9.79. The Hall–Kier alpha value is -2.40. The van der Waals surface area contributed by atoms with Crippen LogP contribution in [0.4, 0.5) is 11.5 Å². The number of hydrogen-bond donors (Lipinski definition) is 2. The minimum absolute atomic E-state index is 0.366. The minimum Gasteiger partial charge on any atom is -0.378 e. The summed E-state index contributed by atoms with van der Waals surface area (Å²) in [4.78, 5) is 19.4. The maximum atomic E-state index is 12.8.